The molecular formula is C13H28N2O. The molecule has 1 aliphatic rings. The molecule has 1 aliphatic heterocycles. The molecular weight excluding hydrogens is 200 g/mol. The normalized spacial score (nSPS) is 19.1. The number of piperidine rings is 1. The Labute approximate surface area is 101 Å². The van der Waals surface area contributed by atoms with Crippen LogP contribution in [-0.2, 0) is 4.74 Å². The Morgan fingerprint density at radius 3 is 2.56 bits per heavy atom. The summed E-state index contributed by atoms with van der Waals surface area (Å²) in [6, 6.07) is 0. The minimum atomic E-state index is 0.533. The van der Waals surface area contributed by atoms with Gasteiger partial charge in [0.1, 0.15) is 0 Å². The average molecular weight is 228 g/mol. The molecule has 0 amide bonds. The summed E-state index contributed by atoms with van der Waals surface area (Å²) in [7, 11) is 2.03. The third-order valence-corrected chi connectivity index (χ3v) is 3.34. The van der Waals surface area contributed by atoms with Crippen molar-refractivity contribution in [3.8, 4) is 0 Å². The molecule has 0 aromatic rings. The fraction of sp³-hybridized carbons (Fsp3) is 1.00. The quantitative estimate of drug-likeness (QED) is 0.642. The van der Waals surface area contributed by atoms with Crippen LogP contribution in [0.3, 0.4) is 0 Å². The monoisotopic (exact) mass is 228 g/mol. The molecule has 0 unspecified atom stereocenters. The minimum absolute atomic E-state index is 0.533. The van der Waals surface area contributed by atoms with Crippen LogP contribution < -0.4 is 5.32 Å². The van der Waals surface area contributed by atoms with Gasteiger partial charge in [-0.1, -0.05) is 6.42 Å². The second-order valence-corrected chi connectivity index (χ2v) is 4.66. The number of likely N-dealkylation sites (tertiary alicyclic amines) is 1. The lowest BCUT2D eigenvalue weighted by Crippen LogP contribution is -2.37. The smallest absolute Gasteiger partial charge is 0.0599 e. The van der Waals surface area contributed by atoms with Crippen LogP contribution in [0.15, 0.2) is 0 Å². The molecule has 0 aliphatic carbocycles. The van der Waals surface area contributed by atoms with Crippen LogP contribution in [0.1, 0.15) is 39.0 Å². The van der Waals surface area contributed by atoms with Gasteiger partial charge in [-0.3, -0.25) is 0 Å². The maximum absolute atomic E-state index is 5.65. The average Bonchev–Trinajstić information content (AvgIpc) is 2.31. The molecule has 1 rings (SSSR count). The zero-order chi connectivity index (χ0) is 11.6. The summed E-state index contributed by atoms with van der Waals surface area (Å²) in [6.07, 6.45) is 7.00. The van der Waals surface area contributed by atoms with Gasteiger partial charge >= 0.3 is 0 Å². The molecule has 0 aromatic carbocycles. The van der Waals surface area contributed by atoms with Crippen molar-refractivity contribution in [1.82, 2.24) is 10.2 Å². The van der Waals surface area contributed by atoms with Crippen molar-refractivity contribution < 1.29 is 4.74 Å². The fourth-order valence-electron chi connectivity index (χ4n) is 2.35. The third-order valence-electron chi connectivity index (χ3n) is 3.34. The SMILES string of the molecule is CCOC1CCN(CCCCCNC)CC1. The maximum Gasteiger partial charge on any atom is 0.0599 e. The van der Waals surface area contributed by atoms with Crippen LogP contribution in [0.4, 0.5) is 0 Å². The van der Waals surface area contributed by atoms with Gasteiger partial charge in [0, 0.05) is 19.7 Å². The highest BCUT2D eigenvalue weighted by atomic mass is 16.5. The molecule has 1 heterocycles. The Bertz CT molecular complexity index is 156. The standard InChI is InChI=1S/C13H28N2O/c1-3-16-13-7-11-15(12-8-13)10-6-4-5-9-14-2/h13-14H,3-12H2,1-2H3. The molecule has 0 bridgehead atoms. The van der Waals surface area contributed by atoms with E-state index in [-0.39, 0.29) is 0 Å². The highest BCUT2D eigenvalue weighted by Gasteiger charge is 2.18. The predicted octanol–water partition coefficient (Wildman–Crippen LogP) is 1.88. The molecule has 3 nitrogen and oxygen atoms in total. The molecule has 3 heteroatoms. The lowest BCUT2D eigenvalue weighted by atomic mass is 10.1. The maximum atomic E-state index is 5.65. The molecule has 16 heavy (non-hydrogen) atoms. The zero-order valence-corrected chi connectivity index (χ0v) is 11.0. The molecule has 0 spiro atoms. The van der Waals surface area contributed by atoms with Crippen LogP contribution in [0.5, 0.6) is 0 Å². The van der Waals surface area contributed by atoms with Gasteiger partial charge in [0.25, 0.3) is 0 Å². The molecule has 0 radical (unpaired) electrons. The molecule has 1 fully saturated rings. The summed E-state index contributed by atoms with van der Waals surface area (Å²) >= 11 is 0. The molecule has 0 atom stereocenters. The Morgan fingerprint density at radius 1 is 1.19 bits per heavy atom. The van der Waals surface area contributed by atoms with Crippen LogP contribution in [-0.4, -0.2) is 50.8 Å². The van der Waals surface area contributed by atoms with E-state index in [1.54, 1.807) is 0 Å². The molecule has 0 saturated carbocycles. The van der Waals surface area contributed by atoms with E-state index in [0.717, 1.165) is 13.2 Å². The first-order valence-electron chi connectivity index (χ1n) is 6.85. The van der Waals surface area contributed by atoms with Gasteiger partial charge in [0.2, 0.25) is 0 Å². The van der Waals surface area contributed by atoms with E-state index in [1.165, 1.54) is 51.7 Å². The van der Waals surface area contributed by atoms with Gasteiger partial charge in [-0.15, -0.1) is 0 Å². The van der Waals surface area contributed by atoms with Crippen molar-refractivity contribution in [2.24, 2.45) is 0 Å². The van der Waals surface area contributed by atoms with E-state index in [0.29, 0.717) is 6.10 Å². The first-order valence-corrected chi connectivity index (χ1v) is 6.85. The lowest BCUT2D eigenvalue weighted by Gasteiger charge is -2.31. The number of rotatable bonds is 8. The molecule has 1 N–H and O–H groups in total. The van der Waals surface area contributed by atoms with Crippen molar-refractivity contribution in [3.05, 3.63) is 0 Å². The fourth-order valence-corrected chi connectivity index (χ4v) is 2.35. The van der Waals surface area contributed by atoms with Crippen molar-refractivity contribution in [1.29, 1.82) is 0 Å². The summed E-state index contributed by atoms with van der Waals surface area (Å²) in [5.41, 5.74) is 0. The molecule has 0 aromatic heterocycles. The Kier molecular flexibility index (Phi) is 7.81. The number of hydrogen-bond donors (Lipinski definition) is 1. The van der Waals surface area contributed by atoms with Crippen LogP contribution in [0.2, 0.25) is 0 Å². The summed E-state index contributed by atoms with van der Waals surface area (Å²) in [6.45, 7) is 7.87. The number of ether oxygens (including phenoxy) is 1. The lowest BCUT2D eigenvalue weighted by molar-refractivity contribution is 0.0140. The summed E-state index contributed by atoms with van der Waals surface area (Å²) in [5.74, 6) is 0. The van der Waals surface area contributed by atoms with Crippen molar-refractivity contribution >= 4 is 0 Å². The van der Waals surface area contributed by atoms with Crippen LogP contribution >= 0.6 is 0 Å². The number of hydrogen-bond acceptors (Lipinski definition) is 3. The second-order valence-electron chi connectivity index (χ2n) is 4.66. The molecule has 96 valence electrons. The predicted molar refractivity (Wildman–Crippen MR) is 68.9 cm³/mol. The van der Waals surface area contributed by atoms with Crippen molar-refractivity contribution in [2.75, 3.05) is 39.8 Å². The number of nitrogens with one attached hydrogen (secondary N) is 1. The Balaban J connectivity index is 1.95. The first kappa shape index (κ1) is 13.9. The minimum Gasteiger partial charge on any atom is -0.378 e. The Hall–Kier alpha value is -0.120. The summed E-state index contributed by atoms with van der Waals surface area (Å²) in [4.78, 5) is 2.59. The van der Waals surface area contributed by atoms with Crippen LogP contribution in [0.25, 0.3) is 0 Å². The number of unbranched alkanes of at least 4 members (excludes halogenated alkanes) is 2. The highest BCUT2D eigenvalue weighted by Crippen LogP contribution is 2.14. The van der Waals surface area contributed by atoms with Crippen molar-refractivity contribution in [2.45, 2.75) is 45.1 Å². The topological polar surface area (TPSA) is 24.5 Å². The van der Waals surface area contributed by atoms with Gasteiger partial charge in [-0.25, -0.2) is 0 Å². The van der Waals surface area contributed by atoms with E-state index in [9.17, 15) is 0 Å². The largest absolute Gasteiger partial charge is 0.378 e. The van der Waals surface area contributed by atoms with Gasteiger partial charge in [-0.05, 0) is 52.7 Å². The first-order chi connectivity index (χ1) is 7.86. The van der Waals surface area contributed by atoms with E-state index >= 15 is 0 Å². The van der Waals surface area contributed by atoms with Gasteiger partial charge < -0.3 is 15.0 Å². The third kappa shape index (κ3) is 5.83. The van der Waals surface area contributed by atoms with Gasteiger partial charge in [0.15, 0.2) is 0 Å². The Morgan fingerprint density at radius 2 is 1.94 bits per heavy atom. The van der Waals surface area contributed by atoms with Gasteiger partial charge in [-0.2, -0.15) is 0 Å². The van der Waals surface area contributed by atoms with E-state index in [4.69, 9.17) is 4.74 Å². The zero-order valence-electron chi connectivity index (χ0n) is 11.0. The van der Waals surface area contributed by atoms with E-state index in [1.807, 2.05) is 7.05 Å². The highest BCUT2D eigenvalue weighted by molar-refractivity contribution is 4.72. The van der Waals surface area contributed by atoms with Gasteiger partial charge in [0.05, 0.1) is 6.10 Å². The van der Waals surface area contributed by atoms with Crippen molar-refractivity contribution in [3.63, 3.8) is 0 Å². The second kappa shape index (κ2) is 8.97. The molecule has 1 saturated heterocycles. The summed E-state index contributed by atoms with van der Waals surface area (Å²) < 4.78 is 5.65. The number of nitrogens with zero attached hydrogens (tertiary/aromatic N) is 1. The summed E-state index contributed by atoms with van der Waals surface area (Å²) in [5, 5.41) is 3.20. The van der Waals surface area contributed by atoms with Crippen LogP contribution in [0, 0.1) is 0 Å². The van der Waals surface area contributed by atoms with E-state index in [2.05, 4.69) is 17.1 Å². The van der Waals surface area contributed by atoms with E-state index < -0.39 is 0 Å².